The van der Waals surface area contributed by atoms with E-state index in [4.69, 9.17) is 13.9 Å². The third kappa shape index (κ3) is 4.33. The lowest BCUT2D eigenvalue weighted by Gasteiger charge is -2.39. The number of allylic oxidation sites excluding steroid dienone is 3. The van der Waals surface area contributed by atoms with E-state index in [1.54, 1.807) is 19.1 Å². The molecule has 7 nitrogen and oxygen atoms in total. The van der Waals surface area contributed by atoms with E-state index in [2.05, 4.69) is 5.32 Å². The largest absolute Gasteiger partial charge is 0.464 e. The minimum atomic E-state index is -0.854. The third-order valence-corrected chi connectivity index (χ3v) is 7.15. The van der Waals surface area contributed by atoms with Gasteiger partial charge < -0.3 is 19.2 Å². The summed E-state index contributed by atoms with van der Waals surface area (Å²) in [6, 6.07) is 5.41. The van der Waals surface area contributed by atoms with Crippen LogP contribution in [-0.4, -0.2) is 31.1 Å². The average Bonchev–Trinajstić information content (AvgIpc) is 3.30. The molecule has 2 aliphatic heterocycles. The Morgan fingerprint density at radius 1 is 1.20 bits per heavy atom. The molecule has 0 radical (unpaired) electrons. The van der Waals surface area contributed by atoms with Gasteiger partial charge in [-0.25, -0.2) is 4.79 Å². The quantitative estimate of drug-likeness (QED) is 0.651. The van der Waals surface area contributed by atoms with Gasteiger partial charge in [0.1, 0.15) is 12.2 Å². The van der Waals surface area contributed by atoms with Crippen LogP contribution in [0.5, 0.6) is 0 Å². The molecule has 2 aromatic rings. The maximum atomic E-state index is 13.7. The van der Waals surface area contributed by atoms with Crippen molar-refractivity contribution >= 4 is 22.7 Å². The molecule has 1 aromatic heterocycles. The fourth-order valence-corrected chi connectivity index (χ4v) is 5.50. The van der Waals surface area contributed by atoms with Gasteiger partial charge in [-0.1, -0.05) is 25.5 Å². The Balaban J connectivity index is 1.63. The first-order chi connectivity index (χ1) is 16.6. The number of dihydropyridines is 1. The molecule has 0 saturated carbocycles. The van der Waals surface area contributed by atoms with E-state index in [9.17, 15) is 14.4 Å². The van der Waals surface area contributed by atoms with Gasteiger partial charge in [0, 0.05) is 35.6 Å². The van der Waals surface area contributed by atoms with Crippen molar-refractivity contribution in [1.82, 2.24) is 5.32 Å². The molecule has 0 unspecified atom stereocenters. The number of nitrogens with one attached hydrogen (secondary N) is 1. The molecule has 35 heavy (non-hydrogen) atoms. The van der Waals surface area contributed by atoms with Crippen molar-refractivity contribution in [3.05, 3.63) is 68.4 Å². The summed E-state index contributed by atoms with van der Waals surface area (Å²) in [4.78, 5) is 40.6. The summed E-state index contributed by atoms with van der Waals surface area (Å²) in [6.07, 6.45) is 4.01. The number of hydrogen-bond acceptors (Lipinski definition) is 7. The molecule has 0 bridgehead atoms. The molecule has 5 rings (SSSR count). The molecule has 1 fully saturated rings. The van der Waals surface area contributed by atoms with Gasteiger partial charge in [-0.3, -0.25) is 9.59 Å². The summed E-state index contributed by atoms with van der Waals surface area (Å²) in [5.74, 6) is -1.48. The van der Waals surface area contributed by atoms with Crippen molar-refractivity contribution in [3.8, 4) is 0 Å². The number of Topliss-reactive ketones (excluding diaryl/α,β-unsaturated/α-hetero) is 1. The van der Waals surface area contributed by atoms with Crippen LogP contribution in [-0.2, 0) is 19.1 Å². The molecule has 1 N–H and O–H groups in total. The molecule has 1 aromatic carbocycles. The second-order valence-corrected chi connectivity index (χ2v) is 10.7. The van der Waals surface area contributed by atoms with Gasteiger partial charge in [-0.2, -0.15) is 0 Å². The monoisotopic (exact) mass is 477 g/mol. The SMILES string of the molecule is CC1=C(C(=O)OC[C@H]2CCCO2)[C@H](c2coc3ccc(C)cc3c2=O)C2=C(CC(C)(C)CC2=O)N1. The molecule has 184 valence electrons. The van der Waals surface area contributed by atoms with Crippen LogP contribution >= 0.6 is 0 Å². The first kappa shape index (κ1) is 23.5. The fourth-order valence-electron chi connectivity index (χ4n) is 5.50. The van der Waals surface area contributed by atoms with Gasteiger partial charge in [0.25, 0.3) is 0 Å². The van der Waals surface area contributed by atoms with Crippen molar-refractivity contribution in [1.29, 1.82) is 0 Å². The van der Waals surface area contributed by atoms with E-state index >= 15 is 0 Å². The van der Waals surface area contributed by atoms with E-state index in [1.165, 1.54) is 6.26 Å². The highest BCUT2D eigenvalue weighted by Gasteiger charge is 2.44. The normalized spacial score (nSPS) is 23.9. The number of hydrogen-bond donors (Lipinski definition) is 1. The van der Waals surface area contributed by atoms with Crippen LogP contribution in [0.15, 0.2) is 56.2 Å². The van der Waals surface area contributed by atoms with Gasteiger partial charge >= 0.3 is 5.97 Å². The smallest absolute Gasteiger partial charge is 0.336 e. The molecule has 2 atom stereocenters. The van der Waals surface area contributed by atoms with Crippen LogP contribution in [0.4, 0.5) is 0 Å². The molecular weight excluding hydrogens is 446 g/mol. The number of esters is 1. The van der Waals surface area contributed by atoms with Crippen LogP contribution < -0.4 is 10.7 Å². The van der Waals surface area contributed by atoms with Crippen molar-refractivity contribution in [2.24, 2.45) is 5.41 Å². The summed E-state index contributed by atoms with van der Waals surface area (Å²) in [7, 11) is 0. The highest BCUT2D eigenvalue weighted by Crippen LogP contribution is 2.46. The fraction of sp³-hybridized carbons (Fsp3) is 0.464. The van der Waals surface area contributed by atoms with Crippen molar-refractivity contribution in [2.75, 3.05) is 13.2 Å². The first-order valence-corrected chi connectivity index (χ1v) is 12.2. The Morgan fingerprint density at radius 3 is 2.74 bits per heavy atom. The van der Waals surface area contributed by atoms with E-state index in [-0.39, 0.29) is 40.5 Å². The summed E-state index contributed by atoms with van der Waals surface area (Å²) >= 11 is 0. The van der Waals surface area contributed by atoms with Crippen LogP contribution in [0.2, 0.25) is 0 Å². The van der Waals surface area contributed by atoms with Gasteiger partial charge in [-0.15, -0.1) is 0 Å². The lowest BCUT2D eigenvalue weighted by molar-refractivity contribution is -0.142. The topological polar surface area (TPSA) is 94.8 Å². The zero-order valence-corrected chi connectivity index (χ0v) is 20.7. The minimum Gasteiger partial charge on any atom is -0.464 e. The number of ether oxygens (including phenoxy) is 2. The van der Waals surface area contributed by atoms with E-state index in [1.807, 2.05) is 26.8 Å². The Bertz CT molecular complexity index is 1340. The van der Waals surface area contributed by atoms with Gasteiger partial charge in [0.15, 0.2) is 11.2 Å². The van der Waals surface area contributed by atoms with E-state index in [0.29, 0.717) is 41.7 Å². The van der Waals surface area contributed by atoms with Crippen LogP contribution in [0.1, 0.15) is 63.5 Å². The van der Waals surface area contributed by atoms with Crippen LogP contribution in [0.25, 0.3) is 11.0 Å². The van der Waals surface area contributed by atoms with E-state index < -0.39 is 11.9 Å². The summed E-state index contributed by atoms with van der Waals surface area (Å²) < 4.78 is 17.1. The summed E-state index contributed by atoms with van der Waals surface area (Å²) in [6.45, 7) is 8.58. The number of ketones is 1. The first-order valence-electron chi connectivity index (χ1n) is 12.2. The molecule has 0 spiro atoms. The van der Waals surface area contributed by atoms with Gasteiger partial charge in [0.2, 0.25) is 0 Å². The highest BCUT2D eigenvalue weighted by atomic mass is 16.6. The maximum Gasteiger partial charge on any atom is 0.336 e. The van der Waals surface area contributed by atoms with Crippen molar-refractivity contribution < 1.29 is 23.5 Å². The lowest BCUT2D eigenvalue weighted by atomic mass is 9.68. The van der Waals surface area contributed by atoms with Crippen LogP contribution in [0.3, 0.4) is 0 Å². The Labute approximate surface area is 204 Å². The molecule has 3 aliphatic rings. The van der Waals surface area contributed by atoms with Crippen molar-refractivity contribution in [3.63, 3.8) is 0 Å². The zero-order valence-electron chi connectivity index (χ0n) is 20.7. The van der Waals surface area contributed by atoms with Gasteiger partial charge in [0.05, 0.1) is 29.2 Å². The second kappa shape index (κ2) is 8.79. The van der Waals surface area contributed by atoms with Gasteiger partial charge in [-0.05, 0) is 50.7 Å². The number of benzene rings is 1. The average molecular weight is 478 g/mol. The predicted octanol–water partition coefficient (Wildman–Crippen LogP) is 4.43. The predicted molar refractivity (Wildman–Crippen MR) is 131 cm³/mol. The number of aryl methyl sites for hydroxylation is 1. The Hall–Kier alpha value is -3.19. The van der Waals surface area contributed by atoms with Crippen molar-refractivity contribution in [2.45, 2.75) is 65.4 Å². The zero-order chi connectivity index (χ0) is 24.9. The third-order valence-electron chi connectivity index (χ3n) is 7.15. The Morgan fingerprint density at radius 2 is 2.00 bits per heavy atom. The lowest BCUT2D eigenvalue weighted by Crippen LogP contribution is -2.40. The van der Waals surface area contributed by atoms with Crippen LogP contribution in [0, 0.1) is 12.3 Å². The molecule has 7 heteroatoms. The minimum absolute atomic E-state index is 0.0746. The summed E-state index contributed by atoms with van der Waals surface area (Å²) in [5, 5.41) is 3.73. The molecular formula is C28H31NO6. The number of rotatable bonds is 4. The molecule has 1 aliphatic carbocycles. The highest BCUT2D eigenvalue weighted by molar-refractivity contribution is 6.04. The second-order valence-electron chi connectivity index (χ2n) is 10.7. The maximum absolute atomic E-state index is 13.7. The molecule has 3 heterocycles. The standard InChI is InChI=1S/C28H31NO6/c1-15-7-8-22-18(10-15)26(31)19(14-34-22)24-23(27(32)35-13-17-6-5-9-33-17)16(2)29-20-11-28(3,4)12-21(30)25(20)24/h7-8,10,14,17,24,29H,5-6,9,11-13H2,1-4H3/t17-,24+/m1/s1. The number of fused-ring (bicyclic) bond motifs is 1. The number of carbonyl (C=O) groups excluding carboxylic acids is 2. The van der Waals surface area contributed by atoms with E-state index in [0.717, 1.165) is 24.1 Å². The Kier molecular flexibility index (Phi) is 5.91. The molecule has 0 amide bonds. The number of carbonyl (C=O) groups is 2. The molecule has 1 saturated heterocycles. The summed E-state index contributed by atoms with van der Waals surface area (Å²) in [5.41, 5.74) is 3.26.